The number of nitro groups is 2. The average molecular weight is 765 g/mol. The van der Waals surface area contributed by atoms with Gasteiger partial charge in [0.1, 0.15) is 11.5 Å². The first-order chi connectivity index (χ1) is 26.2. The highest BCUT2D eigenvalue weighted by atomic mass is 32.2. The Bertz CT molecular complexity index is 2060. The molecule has 14 heteroatoms. The number of ether oxygens (including phenoxy) is 2. The summed E-state index contributed by atoms with van der Waals surface area (Å²) in [5.41, 5.74) is 1.96. The number of hydrogen-bond acceptors (Lipinski definition) is 10. The number of amides is 2. The van der Waals surface area contributed by atoms with Gasteiger partial charge < -0.3 is 9.47 Å². The third-order valence-electron chi connectivity index (χ3n) is 11.4. The van der Waals surface area contributed by atoms with Crippen molar-refractivity contribution in [3.63, 3.8) is 0 Å². The van der Waals surface area contributed by atoms with Crippen LogP contribution >= 0.6 is 23.5 Å². The van der Waals surface area contributed by atoms with Crippen LogP contribution in [0.25, 0.3) is 0 Å². The minimum absolute atomic E-state index is 0.101. The number of carbonyl (C=O) groups excluding carboxylic acids is 2. The molecule has 54 heavy (non-hydrogen) atoms. The van der Waals surface area contributed by atoms with Gasteiger partial charge in [0, 0.05) is 34.1 Å². The van der Waals surface area contributed by atoms with Gasteiger partial charge in [-0.2, -0.15) is 0 Å². The molecule has 2 atom stereocenters. The normalized spacial score (nSPS) is 22.4. The van der Waals surface area contributed by atoms with E-state index in [0.29, 0.717) is 11.5 Å². The number of non-ortho nitro benzene ring substituents is 2. The van der Waals surface area contributed by atoms with Crippen molar-refractivity contribution in [1.29, 1.82) is 0 Å². The van der Waals surface area contributed by atoms with Crippen molar-refractivity contribution >= 4 is 58.1 Å². The van der Waals surface area contributed by atoms with Crippen LogP contribution in [0.5, 0.6) is 11.5 Å². The van der Waals surface area contributed by atoms with E-state index in [1.165, 1.54) is 37.1 Å². The molecule has 4 heterocycles. The standard InChI is InChI=1S/2C20H18N2O4S/c2*23-18-14-12-13(22(24)25)8-9-16(14)26-19-20(10-4-1-5-11-20)27-17-7-3-2-6-15(17)21(18)19/h2*2-3,6-9,12,19H,1,4-5,10-11H2/t2*19-/m00/s1. The van der Waals surface area contributed by atoms with E-state index in [1.807, 2.05) is 72.1 Å². The second-order valence-corrected chi connectivity index (χ2v) is 17.5. The molecule has 2 saturated carbocycles. The van der Waals surface area contributed by atoms with Crippen LogP contribution in [0.3, 0.4) is 0 Å². The second kappa shape index (κ2) is 13.3. The summed E-state index contributed by atoms with van der Waals surface area (Å²) in [5.74, 6) is 0.443. The smallest absolute Gasteiger partial charge is 0.270 e. The number of nitrogens with zero attached hydrogens (tertiary/aromatic N) is 4. The molecule has 0 unspecified atom stereocenters. The molecule has 0 radical (unpaired) electrons. The number of nitro benzene ring substituents is 2. The molecule has 0 saturated heterocycles. The Balaban J connectivity index is 0.000000142. The van der Waals surface area contributed by atoms with E-state index in [4.69, 9.17) is 9.47 Å². The van der Waals surface area contributed by atoms with Crippen molar-refractivity contribution < 1.29 is 28.9 Å². The lowest BCUT2D eigenvalue weighted by Gasteiger charge is -2.52. The van der Waals surface area contributed by atoms with Crippen LogP contribution in [0.2, 0.25) is 0 Å². The number of hydrogen-bond donors (Lipinski definition) is 0. The van der Waals surface area contributed by atoms with Crippen molar-refractivity contribution in [1.82, 2.24) is 0 Å². The highest BCUT2D eigenvalue weighted by Gasteiger charge is 2.55. The number of carbonyl (C=O) groups is 2. The monoisotopic (exact) mass is 764 g/mol. The van der Waals surface area contributed by atoms with Crippen LogP contribution in [0.4, 0.5) is 22.7 Å². The van der Waals surface area contributed by atoms with E-state index in [1.54, 1.807) is 21.9 Å². The Morgan fingerprint density at radius 3 is 1.35 bits per heavy atom. The molecule has 0 bridgehead atoms. The van der Waals surface area contributed by atoms with Gasteiger partial charge in [-0.25, -0.2) is 0 Å². The molecule has 2 amide bonds. The van der Waals surface area contributed by atoms with E-state index in [-0.39, 0.29) is 56.3 Å². The first-order valence-corrected chi connectivity index (χ1v) is 19.9. The summed E-state index contributed by atoms with van der Waals surface area (Å²) in [4.78, 5) is 53.8. The van der Waals surface area contributed by atoms with Gasteiger partial charge in [-0.3, -0.25) is 39.6 Å². The second-order valence-electron chi connectivity index (χ2n) is 14.6. The Kier molecular flexibility index (Phi) is 8.57. The fourth-order valence-electron chi connectivity index (χ4n) is 8.80. The fraction of sp³-hybridized carbons (Fsp3) is 0.350. The maximum absolute atomic E-state index is 13.4. The summed E-state index contributed by atoms with van der Waals surface area (Å²) < 4.78 is 12.3. The zero-order valence-corrected chi connectivity index (χ0v) is 30.8. The predicted molar refractivity (Wildman–Crippen MR) is 205 cm³/mol. The van der Waals surface area contributed by atoms with E-state index in [9.17, 15) is 29.8 Å². The summed E-state index contributed by atoms with van der Waals surface area (Å²) in [6, 6.07) is 24.3. The molecule has 2 fully saturated rings. The van der Waals surface area contributed by atoms with Crippen LogP contribution in [0.1, 0.15) is 84.9 Å². The highest BCUT2D eigenvalue weighted by Crippen LogP contribution is 2.58. The lowest BCUT2D eigenvalue weighted by molar-refractivity contribution is -0.385. The van der Waals surface area contributed by atoms with Crippen molar-refractivity contribution in [3.05, 3.63) is 116 Å². The number of fused-ring (bicyclic) bond motifs is 10. The number of benzene rings is 4. The van der Waals surface area contributed by atoms with E-state index in [2.05, 4.69) is 0 Å². The Morgan fingerprint density at radius 1 is 0.574 bits per heavy atom. The van der Waals surface area contributed by atoms with E-state index in [0.717, 1.165) is 72.5 Å². The molecule has 4 aliphatic heterocycles. The van der Waals surface area contributed by atoms with Crippen molar-refractivity contribution in [3.8, 4) is 11.5 Å². The summed E-state index contributed by atoms with van der Waals surface area (Å²) >= 11 is 3.65. The highest BCUT2D eigenvalue weighted by molar-refractivity contribution is 8.01. The van der Waals surface area contributed by atoms with Gasteiger partial charge in [-0.1, -0.05) is 62.8 Å². The maximum atomic E-state index is 13.4. The summed E-state index contributed by atoms with van der Waals surface area (Å²) in [6.45, 7) is 0. The van der Waals surface area contributed by atoms with Gasteiger partial charge in [-0.15, -0.1) is 23.5 Å². The van der Waals surface area contributed by atoms with Gasteiger partial charge >= 0.3 is 0 Å². The van der Waals surface area contributed by atoms with Crippen LogP contribution in [0.15, 0.2) is 94.7 Å². The molecular formula is C40H36N4O8S2. The molecule has 4 aromatic carbocycles. The molecule has 276 valence electrons. The number of para-hydroxylation sites is 2. The number of thioether (sulfide) groups is 2. The summed E-state index contributed by atoms with van der Waals surface area (Å²) in [6.07, 6.45) is 10.0. The molecular weight excluding hydrogens is 729 g/mol. The third-order valence-corrected chi connectivity index (χ3v) is 14.5. The van der Waals surface area contributed by atoms with Crippen molar-refractivity contribution in [2.24, 2.45) is 0 Å². The zero-order chi connectivity index (χ0) is 37.2. The quantitative estimate of drug-likeness (QED) is 0.143. The Labute approximate surface area is 319 Å². The van der Waals surface area contributed by atoms with Gasteiger partial charge in [0.05, 0.1) is 41.8 Å². The van der Waals surface area contributed by atoms with Crippen LogP contribution < -0.4 is 19.3 Å². The van der Waals surface area contributed by atoms with Gasteiger partial charge in [0.25, 0.3) is 23.2 Å². The maximum Gasteiger partial charge on any atom is 0.270 e. The van der Waals surface area contributed by atoms with Crippen LogP contribution in [0, 0.1) is 20.2 Å². The Morgan fingerprint density at radius 2 is 0.963 bits per heavy atom. The lowest BCUT2D eigenvalue weighted by atomic mass is 9.85. The minimum atomic E-state index is -0.484. The van der Waals surface area contributed by atoms with Crippen molar-refractivity contribution in [2.45, 2.75) is 95.9 Å². The minimum Gasteiger partial charge on any atom is -0.468 e. The molecule has 12 nitrogen and oxygen atoms in total. The van der Waals surface area contributed by atoms with Gasteiger partial charge in [0.15, 0.2) is 12.5 Å². The molecule has 2 aliphatic carbocycles. The molecule has 2 spiro atoms. The fourth-order valence-corrected chi connectivity index (χ4v) is 12.0. The van der Waals surface area contributed by atoms with Crippen LogP contribution in [-0.2, 0) is 0 Å². The largest absolute Gasteiger partial charge is 0.468 e. The Hall–Kier alpha value is -5.08. The van der Waals surface area contributed by atoms with Crippen molar-refractivity contribution in [2.75, 3.05) is 9.80 Å². The molecule has 10 rings (SSSR count). The summed E-state index contributed by atoms with van der Waals surface area (Å²) in [7, 11) is 0. The molecule has 0 aromatic heterocycles. The SMILES string of the molecule is O=C1c2cc([N+](=O)[O-])ccc2O[C@@H]2N1c1ccccc1SC21CCCCC1.O=C1c2cc([N+](=O)[O-])ccc2O[C@@H]2N1c1ccccc1SC21CCCCC1. The topological polar surface area (TPSA) is 145 Å². The number of anilines is 2. The average Bonchev–Trinajstić information content (AvgIpc) is 3.19. The first kappa shape index (κ1) is 34.7. The molecule has 4 aromatic rings. The molecule has 6 aliphatic rings. The van der Waals surface area contributed by atoms with E-state index < -0.39 is 9.85 Å². The van der Waals surface area contributed by atoms with Gasteiger partial charge in [0.2, 0.25) is 0 Å². The molecule has 0 N–H and O–H groups in total. The number of rotatable bonds is 2. The van der Waals surface area contributed by atoms with E-state index >= 15 is 0 Å². The third kappa shape index (κ3) is 5.60. The van der Waals surface area contributed by atoms with Gasteiger partial charge in [-0.05, 0) is 62.1 Å². The first-order valence-electron chi connectivity index (χ1n) is 18.3. The predicted octanol–water partition coefficient (Wildman–Crippen LogP) is 9.54. The summed E-state index contributed by atoms with van der Waals surface area (Å²) in [5, 5.41) is 22.3. The zero-order valence-electron chi connectivity index (χ0n) is 29.2. The van der Waals surface area contributed by atoms with Crippen LogP contribution in [-0.4, -0.2) is 43.6 Å². The lowest BCUT2D eigenvalue weighted by Crippen LogP contribution is -2.61.